The van der Waals surface area contributed by atoms with Gasteiger partial charge in [-0.15, -0.1) is 0 Å². The number of amides is 1. The normalized spacial score (nSPS) is 14.9. The summed E-state index contributed by atoms with van der Waals surface area (Å²) in [6, 6.07) is 14.7. The number of carbonyl (C=O) groups is 1. The van der Waals surface area contributed by atoms with Gasteiger partial charge in [0.05, 0.1) is 6.04 Å². The minimum absolute atomic E-state index is 0.0256. The van der Waals surface area contributed by atoms with Crippen LogP contribution in [0.5, 0.6) is 5.75 Å². The number of aryl methyl sites for hydroxylation is 2. The second kappa shape index (κ2) is 8.81. The summed E-state index contributed by atoms with van der Waals surface area (Å²) >= 11 is 0. The van der Waals surface area contributed by atoms with Crippen LogP contribution in [0.25, 0.3) is 0 Å². The Morgan fingerprint density at radius 1 is 1.07 bits per heavy atom. The Balaban J connectivity index is 1.64. The summed E-state index contributed by atoms with van der Waals surface area (Å²) in [6.07, 6.45) is 5.75. The van der Waals surface area contributed by atoms with E-state index in [0.717, 1.165) is 24.2 Å². The topological polar surface area (TPSA) is 38.3 Å². The van der Waals surface area contributed by atoms with Crippen LogP contribution in [0.1, 0.15) is 75.3 Å². The van der Waals surface area contributed by atoms with Crippen LogP contribution in [0.15, 0.2) is 42.5 Å². The maximum absolute atomic E-state index is 12.6. The summed E-state index contributed by atoms with van der Waals surface area (Å²) < 4.78 is 5.89. The number of carbonyl (C=O) groups excluding carboxylic acids is 1. The van der Waals surface area contributed by atoms with Crippen molar-refractivity contribution in [1.29, 1.82) is 0 Å². The molecule has 1 unspecified atom stereocenters. The molecule has 1 aliphatic carbocycles. The molecular formula is C25H33NO2. The van der Waals surface area contributed by atoms with Crippen LogP contribution in [-0.2, 0) is 23.1 Å². The lowest BCUT2D eigenvalue weighted by molar-refractivity contribution is -0.123. The van der Waals surface area contributed by atoms with Crippen molar-refractivity contribution in [3.8, 4) is 5.75 Å². The van der Waals surface area contributed by atoms with Gasteiger partial charge in [-0.05, 0) is 65.8 Å². The van der Waals surface area contributed by atoms with E-state index in [4.69, 9.17) is 4.74 Å². The maximum atomic E-state index is 12.6. The fourth-order valence-corrected chi connectivity index (χ4v) is 3.98. The highest BCUT2D eigenvalue weighted by atomic mass is 16.5. The first kappa shape index (κ1) is 20.4. The van der Waals surface area contributed by atoms with Gasteiger partial charge in [0.15, 0.2) is 6.61 Å². The number of ether oxygens (including phenoxy) is 1. The lowest BCUT2D eigenvalue weighted by Gasteiger charge is -2.23. The van der Waals surface area contributed by atoms with Crippen molar-refractivity contribution in [1.82, 2.24) is 5.32 Å². The van der Waals surface area contributed by atoms with Crippen molar-refractivity contribution in [3.05, 3.63) is 64.7 Å². The van der Waals surface area contributed by atoms with Crippen LogP contribution in [0.2, 0.25) is 0 Å². The van der Waals surface area contributed by atoms with Crippen molar-refractivity contribution in [2.75, 3.05) is 6.61 Å². The first-order chi connectivity index (χ1) is 13.4. The molecule has 2 aromatic carbocycles. The summed E-state index contributed by atoms with van der Waals surface area (Å²) in [7, 11) is 0. The third-order valence-electron chi connectivity index (χ3n) is 5.57. The van der Waals surface area contributed by atoms with Crippen molar-refractivity contribution in [2.45, 2.75) is 71.3 Å². The second-order valence-corrected chi connectivity index (χ2v) is 8.80. The number of fused-ring (bicyclic) bond motifs is 1. The largest absolute Gasteiger partial charge is 0.483 e. The van der Waals surface area contributed by atoms with E-state index in [1.165, 1.54) is 36.0 Å². The molecule has 3 nitrogen and oxygen atoms in total. The second-order valence-electron chi connectivity index (χ2n) is 8.80. The van der Waals surface area contributed by atoms with Gasteiger partial charge in [0.2, 0.25) is 0 Å². The zero-order chi connectivity index (χ0) is 20.1. The van der Waals surface area contributed by atoms with Gasteiger partial charge in [-0.1, -0.05) is 64.1 Å². The number of rotatable bonds is 6. The van der Waals surface area contributed by atoms with E-state index in [-0.39, 0.29) is 24.0 Å². The number of hydrogen-bond donors (Lipinski definition) is 1. The van der Waals surface area contributed by atoms with Crippen LogP contribution in [0, 0.1) is 0 Å². The van der Waals surface area contributed by atoms with Crippen LogP contribution in [0.4, 0.5) is 0 Å². The van der Waals surface area contributed by atoms with E-state index in [1.807, 2.05) is 18.2 Å². The fourth-order valence-electron chi connectivity index (χ4n) is 3.98. The Kier molecular flexibility index (Phi) is 6.43. The molecule has 0 bridgehead atoms. The molecule has 0 aromatic heterocycles. The Bertz CT molecular complexity index is 820. The minimum atomic E-state index is -0.0757. The molecule has 3 heteroatoms. The first-order valence-corrected chi connectivity index (χ1v) is 10.5. The molecule has 0 saturated heterocycles. The molecule has 150 valence electrons. The van der Waals surface area contributed by atoms with Gasteiger partial charge < -0.3 is 10.1 Å². The average Bonchev–Trinajstić information content (AvgIpc) is 2.69. The van der Waals surface area contributed by atoms with Crippen LogP contribution in [0.3, 0.4) is 0 Å². The molecular weight excluding hydrogens is 346 g/mol. The molecule has 28 heavy (non-hydrogen) atoms. The zero-order valence-corrected chi connectivity index (χ0v) is 17.7. The summed E-state index contributed by atoms with van der Waals surface area (Å²) in [4.78, 5) is 12.6. The molecule has 2 aromatic rings. The van der Waals surface area contributed by atoms with E-state index in [9.17, 15) is 4.79 Å². The molecule has 0 spiro atoms. The molecule has 0 fully saturated rings. The van der Waals surface area contributed by atoms with Crippen molar-refractivity contribution >= 4 is 5.91 Å². The summed E-state index contributed by atoms with van der Waals surface area (Å²) in [5.41, 5.74) is 5.21. The van der Waals surface area contributed by atoms with Gasteiger partial charge in [-0.2, -0.15) is 0 Å². The summed E-state index contributed by atoms with van der Waals surface area (Å²) in [5, 5.41) is 3.15. The standard InChI is InChI=1S/C25H33NO2/c1-5-22(20-15-14-18-10-6-7-11-19(18)16-20)26-24(27)17-28-23-13-9-8-12-21(23)25(2,3)4/h8-9,12-16,22H,5-7,10-11,17H2,1-4H3,(H,26,27). The maximum Gasteiger partial charge on any atom is 0.258 e. The Labute approximate surface area is 169 Å². The van der Waals surface area contributed by atoms with Crippen LogP contribution >= 0.6 is 0 Å². The van der Waals surface area contributed by atoms with E-state index >= 15 is 0 Å². The lowest BCUT2D eigenvalue weighted by Crippen LogP contribution is -2.32. The van der Waals surface area contributed by atoms with Gasteiger partial charge in [0, 0.05) is 0 Å². The van der Waals surface area contributed by atoms with Crippen molar-refractivity contribution in [2.24, 2.45) is 0 Å². The lowest BCUT2D eigenvalue weighted by atomic mass is 9.86. The highest BCUT2D eigenvalue weighted by molar-refractivity contribution is 5.78. The monoisotopic (exact) mass is 379 g/mol. The predicted octanol–water partition coefficient (Wildman–Crippen LogP) is 5.51. The highest BCUT2D eigenvalue weighted by Gasteiger charge is 2.20. The minimum Gasteiger partial charge on any atom is -0.483 e. The van der Waals surface area contributed by atoms with Gasteiger partial charge in [-0.3, -0.25) is 4.79 Å². The summed E-state index contributed by atoms with van der Waals surface area (Å²) in [6.45, 7) is 8.60. The molecule has 0 saturated carbocycles. The summed E-state index contributed by atoms with van der Waals surface area (Å²) in [5.74, 6) is 0.709. The first-order valence-electron chi connectivity index (χ1n) is 10.5. The fraction of sp³-hybridized carbons (Fsp3) is 0.480. The molecule has 0 heterocycles. The number of hydrogen-bond acceptors (Lipinski definition) is 2. The molecule has 0 aliphatic heterocycles. The van der Waals surface area contributed by atoms with Gasteiger partial charge in [0.1, 0.15) is 5.75 Å². The average molecular weight is 380 g/mol. The Morgan fingerprint density at radius 3 is 2.50 bits per heavy atom. The number of benzene rings is 2. The van der Waals surface area contributed by atoms with Gasteiger partial charge >= 0.3 is 0 Å². The molecule has 0 radical (unpaired) electrons. The smallest absolute Gasteiger partial charge is 0.258 e. The number of nitrogens with one attached hydrogen (secondary N) is 1. The third-order valence-corrected chi connectivity index (χ3v) is 5.57. The van der Waals surface area contributed by atoms with Crippen molar-refractivity contribution in [3.63, 3.8) is 0 Å². The Morgan fingerprint density at radius 2 is 1.79 bits per heavy atom. The molecule has 3 rings (SSSR count). The van der Waals surface area contributed by atoms with E-state index in [0.29, 0.717) is 0 Å². The van der Waals surface area contributed by atoms with Crippen LogP contribution < -0.4 is 10.1 Å². The van der Waals surface area contributed by atoms with Crippen molar-refractivity contribution < 1.29 is 9.53 Å². The van der Waals surface area contributed by atoms with E-state index < -0.39 is 0 Å². The predicted molar refractivity (Wildman–Crippen MR) is 115 cm³/mol. The van der Waals surface area contributed by atoms with Gasteiger partial charge in [-0.25, -0.2) is 0 Å². The molecule has 1 atom stereocenters. The quantitative estimate of drug-likeness (QED) is 0.719. The molecule has 1 aliphatic rings. The third kappa shape index (κ3) is 4.95. The van der Waals surface area contributed by atoms with E-state index in [1.54, 1.807) is 0 Å². The highest BCUT2D eigenvalue weighted by Crippen LogP contribution is 2.31. The zero-order valence-electron chi connectivity index (χ0n) is 17.7. The Hall–Kier alpha value is -2.29. The van der Waals surface area contributed by atoms with Gasteiger partial charge in [0.25, 0.3) is 5.91 Å². The number of para-hydroxylation sites is 1. The molecule has 1 amide bonds. The van der Waals surface area contributed by atoms with E-state index in [2.05, 4.69) is 57.3 Å². The molecule has 1 N–H and O–H groups in total. The SMILES string of the molecule is CCC(NC(=O)COc1ccccc1C(C)(C)C)c1ccc2c(c1)CCCC2. The van der Waals surface area contributed by atoms with Crippen LogP contribution in [-0.4, -0.2) is 12.5 Å².